The van der Waals surface area contributed by atoms with Gasteiger partial charge in [-0.2, -0.15) is 0 Å². The van der Waals surface area contributed by atoms with Crippen molar-refractivity contribution in [3.63, 3.8) is 0 Å². The molecule has 2 saturated heterocycles. The van der Waals surface area contributed by atoms with Crippen LogP contribution in [0.4, 0.5) is 30.6 Å². The average Bonchev–Trinajstić information content (AvgIpc) is 1.62. The maximum Gasteiger partial charge on any atom is 1.00 e. The van der Waals surface area contributed by atoms with Gasteiger partial charge in [0, 0.05) is 50.5 Å². The summed E-state index contributed by atoms with van der Waals surface area (Å²) in [5.41, 5.74) is 0.0168. The van der Waals surface area contributed by atoms with Gasteiger partial charge in [-0.3, -0.25) is 39.5 Å². The number of nitrogens with one attached hydrogen (secondary N) is 2. The van der Waals surface area contributed by atoms with Crippen molar-refractivity contribution in [3.8, 4) is 0 Å². The van der Waals surface area contributed by atoms with Crippen molar-refractivity contribution in [3.05, 3.63) is 144 Å². The van der Waals surface area contributed by atoms with E-state index in [1.165, 1.54) is 25.2 Å². The van der Waals surface area contributed by atoms with Crippen molar-refractivity contribution in [2.75, 3.05) is 37.6 Å². The molecule has 2 heterocycles. The number of aldehydes is 1. The summed E-state index contributed by atoms with van der Waals surface area (Å²) < 4.78 is 55.3. The Hall–Kier alpha value is -6.37. The monoisotopic (exact) mass is 1370 g/mol. The summed E-state index contributed by atoms with van der Waals surface area (Å²) in [7, 11) is -0.856. The van der Waals surface area contributed by atoms with Crippen LogP contribution in [0.1, 0.15) is 180 Å². The second-order valence-corrected chi connectivity index (χ2v) is 30.4. The van der Waals surface area contributed by atoms with E-state index in [1.807, 2.05) is 95.3 Å². The van der Waals surface area contributed by atoms with Gasteiger partial charge in [-0.15, -0.1) is 0 Å². The number of carbonyl (C=O) groups is 7. The van der Waals surface area contributed by atoms with Crippen LogP contribution in [0.3, 0.4) is 0 Å². The second-order valence-electron chi connectivity index (χ2n) is 28.1. The number of nitrogens with zero attached hydrogens (tertiary/aromatic N) is 3. The Labute approximate surface area is 589 Å². The summed E-state index contributed by atoms with van der Waals surface area (Å²) in [6.07, 6.45) is 0.810. The third kappa shape index (κ3) is 30.2. The number of hydrogen-bond acceptors (Lipinski definition) is 17. The second kappa shape index (κ2) is 38.1. The van der Waals surface area contributed by atoms with Gasteiger partial charge in [0.1, 0.15) is 70.3 Å². The zero-order chi connectivity index (χ0) is 71.4. The molecule has 4 aromatic carbocycles. The molecule has 2 aliphatic rings. The number of amides is 4. The predicted molar refractivity (Wildman–Crippen MR) is 367 cm³/mol. The molecule has 4 amide bonds. The molecule has 6 rings (SSSR count). The largest absolute Gasteiger partial charge is 1.00 e. The van der Waals surface area contributed by atoms with Crippen LogP contribution in [-0.4, -0.2) is 142 Å². The molecule has 0 radical (unpaired) electrons. The summed E-state index contributed by atoms with van der Waals surface area (Å²) in [6.45, 7) is 41.0. The van der Waals surface area contributed by atoms with Crippen LogP contribution in [0, 0.1) is 0 Å². The molecule has 4 atom stereocenters. The van der Waals surface area contributed by atoms with E-state index < -0.39 is 90.1 Å². The van der Waals surface area contributed by atoms with Crippen molar-refractivity contribution < 1.29 is 107 Å². The number of halogens is 1. The Balaban J connectivity index is 0.000000699. The fourth-order valence-electron chi connectivity index (χ4n) is 10.1. The summed E-state index contributed by atoms with van der Waals surface area (Å²) in [5, 5.41) is 5.28. The van der Waals surface area contributed by atoms with Gasteiger partial charge in [0.05, 0.1) is 6.04 Å². The van der Waals surface area contributed by atoms with Gasteiger partial charge >= 0.3 is 50.8 Å². The number of ether oxygens (including phenoxy) is 6. The van der Waals surface area contributed by atoms with Gasteiger partial charge in [-0.1, -0.05) is 97.9 Å². The molecule has 2 fully saturated rings. The number of rotatable bonds is 18. The summed E-state index contributed by atoms with van der Waals surface area (Å²) in [5.74, 6) is -0.390. The number of Topliss-reactive ketones (excluding diaryl/α,β-unsaturated/α-hetero) is 1. The normalized spacial score (nSPS) is 17.4. The van der Waals surface area contributed by atoms with Crippen LogP contribution in [-0.2, 0) is 69.3 Å². The maximum absolute atomic E-state index is 13.3. The Kier molecular flexibility index (Phi) is 34.8. The van der Waals surface area contributed by atoms with Crippen LogP contribution in [0.15, 0.2) is 121 Å². The van der Waals surface area contributed by atoms with Gasteiger partial charge in [0.2, 0.25) is 0 Å². The molecule has 0 unspecified atom stereocenters. The van der Waals surface area contributed by atoms with E-state index in [1.54, 1.807) is 136 Å². The SMILES string of the molecule is CC(C)(C)OC(=O)N1[C@H](C=O)[C@@H](c2ccccc2)OC1(C)C.CC(C)(C)OC(=O)Nc1ccc(CC(=O)/C=C/[C@@H]2[C@@H](c3ccccc3)OC(C)(C)N2C(=O)OC(C)(C)C)cc1.CCN(C(C)C)C(C)C.COP(=O)(CC(=O)Cc1ccc(NC(=O)OC(C)(C)C)cc1)OC.[Cl-].[Li+]. The van der Waals surface area contributed by atoms with Crippen molar-refractivity contribution >= 4 is 61.2 Å². The van der Waals surface area contributed by atoms with E-state index >= 15 is 0 Å². The van der Waals surface area contributed by atoms with Crippen molar-refractivity contribution in [2.24, 2.45) is 0 Å². The van der Waals surface area contributed by atoms with E-state index in [-0.39, 0.29) is 61.8 Å². The number of carbonyl (C=O) groups excluding carboxylic acids is 7. The first-order chi connectivity index (χ1) is 43.4. The number of allylic oxidation sites excluding steroid dienone is 1. The molecule has 0 aliphatic carbocycles. The van der Waals surface area contributed by atoms with Gasteiger partial charge in [-0.25, -0.2) is 19.2 Å². The average molecular weight is 1370 g/mol. The molecule has 96 heavy (non-hydrogen) atoms. The molecule has 0 bridgehead atoms. The predicted octanol–water partition coefficient (Wildman–Crippen LogP) is 9.88. The number of hydrogen-bond donors (Lipinski definition) is 2. The van der Waals surface area contributed by atoms with Crippen LogP contribution >= 0.6 is 7.60 Å². The van der Waals surface area contributed by atoms with Crippen molar-refractivity contribution in [1.82, 2.24) is 14.7 Å². The molecule has 24 heteroatoms. The Morgan fingerprint density at radius 3 is 1.22 bits per heavy atom. The zero-order valence-corrected chi connectivity index (χ0v) is 62.8. The van der Waals surface area contributed by atoms with E-state index in [9.17, 15) is 38.1 Å². The number of ketones is 2. The molecule has 2 aliphatic heterocycles. The quantitative estimate of drug-likeness (QED) is 0.0309. The first-order valence-corrected chi connectivity index (χ1v) is 33.4. The minimum atomic E-state index is -3.35. The minimum Gasteiger partial charge on any atom is -1.00 e. The zero-order valence-electron chi connectivity index (χ0n) is 61.1. The minimum absolute atomic E-state index is 0. The first kappa shape index (κ1) is 87.6. The maximum atomic E-state index is 13.3. The standard InChI is InChI=1S/C31H40N2O6.C17H23NO4.C16H24NO6P.C8H19N.ClH.Li/c1-29(2,3)38-27(35)32-23-16-14-21(15-17-23)20-24(34)18-19-25-26(22-12-10-9-11-13-22)37-31(7,8)33(25)28(36)39-30(4,5)6;1-16(2,3)22-15(20)18-13(11-19)14(21-17(18,4)5)12-9-7-6-8-10-12;1-16(2,3)23-15(19)17-13-8-6-12(7-9-13)10-14(18)11-24(20,21-4)22-5;1-6-9(7(2)3)8(4)5;;/h9-19,25-26H,20H2,1-8H3,(H,32,35);6-11,13-14H,1-5H3;6-9H,10-11H2,1-5H3,(H,17,19);7-8H,6H2,1-5H3;1H;/q;;;;;+1/p-1/b19-18+;;;;;/t25-,26-;13-,14-;;;;/m11..../s1. The van der Waals surface area contributed by atoms with E-state index in [4.69, 9.17) is 37.5 Å². The molecule has 0 saturated carbocycles. The topological polar surface area (TPSA) is 244 Å². The van der Waals surface area contributed by atoms with Gasteiger partial charge < -0.3 is 54.7 Å². The summed E-state index contributed by atoms with van der Waals surface area (Å²) in [6, 6.07) is 32.9. The third-order valence-corrected chi connectivity index (χ3v) is 15.7. The molecule has 2 N–H and O–H groups in total. The summed E-state index contributed by atoms with van der Waals surface area (Å²) in [4.78, 5) is 91.3. The molecule has 0 aromatic heterocycles. The van der Waals surface area contributed by atoms with E-state index in [0.717, 1.165) is 35.1 Å². The Bertz CT molecular complexity index is 3160. The van der Waals surface area contributed by atoms with Crippen LogP contribution in [0.5, 0.6) is 0 Å². The van der Waals surface area contributed by atoms with Crippen LogP contribution in [0.2, 0.25) is 0 Å². The fourth-order valence-corrected chi connectivity index (χ4v) is 11.0. The molecule has 0 spiro atoms. The van der Waals surface area contributed by atoms with E-state index in [2.05, 4.69) is 50.2 Å². The molecular weight excluding hydrogens is 1260 g/mol. The summed E-state index contributed by atoms with van der Waals surface area (Å²) >= 11 is 0. The Morgan fingerprint density at radius 1 is 0.562 bits per heavy atom. The first-order valence-electron chi connectivity index (χ1n) is 31.7. The Morgan fingerprint density at radius 2 is 0.906 bits per heavy atom. The van der Waals surface area contributed by atoms with Gasteiger partial charge in [-0.05, 0) is 198 Å². The van der Waals surface area contributed by atoms with Crippen molar-refractivity contribution in [1.29, 1.82) is 0 Å². The molecular formula is C72H106ClLiN5O16P. The fraction of sp³-hybridized carbons (Fsp3) is 0.542. The molecule has 528 valence electrons. The number of anilines is 2. The van der Waals surface area contributed by atoms with Crippen LogP contribution in [0.25, 0.3) is 0 Å². The van der Waals surface area contributed by atoms with Gasteiger partial charge in [0.15, 0.2) is 5.78 Å². The number of benzene rings is 4. The van der Waals surface area contributed by atoms with Crippen LogP contribution < -0.4 is 41.9 Å². The van der Waals surface area contributed by atoms with Gasteiger partial charge in [0.25, 0.3) is 0 Å². The molecule has 4 aromatic rings. The van der Waals surface area contributed by atoms with Crippen molar-refractivity contribution in [2.45, 2.75) is 228 Å². The third-order valence-electron chi connectivity index (χ3n) is 13.9. The smallest absolute Gasteiger partial charge is 1.00 e. The molecule has 21 nitrogen and oxygen atoms in total. The van der Waals surface area contributed by atoms with E-state index in [0.29, 0.717) is 23.5 Å².